The van der Waals surface area contributed by atoms with Gasteiger partial charge in [-0.2, -0.15) is 0 Å². The van der Waals surface area contributed by atoms with Crippen molar-refractivity contribution in [1.29, 1.82) is 0 Å². The molecule has 78 valence electrons. The molecule has 3 nitrogen and oxygen atoms in total. The standard InChI is InChI=1S/C12H13NO2/c1-9-8-10(6-7-13-2)4-5-11(9)12(14)15-3/h4-5,8H,6-7H2,1,3H3. The fourth-order valence-corrected chi connectivity index (χ4v) is 1.41. The van der Waals surface area contributed by atoms with E-state index in [1.807, 2.05) is 19.1 Å². The van der Waals surface area contributed by atoms with Crippen LogP contribution in [0, 0.1) is 13.5 Å². The summed E-state index contributed by atoms with van der Waals surface area (Å²) < 4.78 is 4.65. The molecule has 0 fully saturated rings. The van der Waals surface area contributed by atoms with Gasteiger partial charge in [-0.1, -0.05) is 12.1 Å². The van der Waals surface area contributed by atoms with Gasteiger partial charge in [0, 0.05) is 6.42 Å². The molecular weight excluding hydrogens is 190 g/mol. The fraction of sp³-hybridized carbons (Fsp3) is 0.333. The second-order valence-electron chi connectivity index (χ2n) is 3.27. The Balaban J connectivity index is 2.89. The summed E-state index contributed by atoms with van der Waals surface area (Å²) in [5.41, 5.74) is 2.56. The van der Waals surface area contributed by atoms with E-state index in [0.717, 1.165) is 17.5 Å². The topological polar surface area (TPSA) is 30.7 Å². The maximum atomic E-state index is 11.3. The number of methoxy groups -OCH3 is 1. The van der Waals surface area contributed by atoms with E-state index < -0.39 is 0 Å². The molecule has 0 unspecified atom stereocenters. The molecule has 0 bridgehead atoms. The third-order valence-corrected chi connectivity index (χ3v) is 2.21. The van der Waals surface area contributed by atoms with Crippen molar-refractivity contribution in [1.82, 2.24) is 0 Å². The Morgan fingerprint density at radius 3 is 2.80 bits per heavy atom. The molecule has 0 radical (unpaired) electrons. The van der Waals surface area contributed by atoms with E-state index in [9.17, 15) is 4.79 Å². The van der Waals surface area contributed by atoms with Crippen molar-refractivity contribution in [2.24, 2.45) is 0 Å². The molecule has 1 rings (SSSR count). The first-order valence-corrected chi connectivity index (χ1v) is 4.70. The number of benzene rings is 1. The zero-order valence-corrected chi connectivity index (χ0v) is 8.91. The highest BCUT2D eigenvalue weighted by molar-refractivity contribution is 5.90. The van der Waals surface area contributed by atoms with E-state index in [2.05, 4.69) is 9.58 Å². The van der Waals surface area contributed by atoms with Crippen LogP contribution in [-0.2, 0) is 11.2 Å². The molecular formula is C12H13NO2. The lowest BCUT2D eigenvalue weighted by molar-refractivity contribution is 0.0600. The number of hydrogen-bond acceptors (Lipinski definition) is 2. The van der Waals surface area contributed by atoms with Crippen molar-refractivity contribution in [3.8, 4) is 0 Å². The Hall–Kier alpha value is -1.82. The van der Waals surface area contributed by atoms with Crippen molar-refractivity contribution < 1.29 is 9.53 Å². The van der Waals surface area contributed by atoms with Crippen LogP contribution in [0.5, 0.6) is 0 Å². The first-order valence-electron chi connectivity index (χ1n) is 4.70. The molecule has 0 atom stereocenters. The van der Waals surface area contributed by atoms with E-state index >= 15 is 0 Å². The second-order valence-corrected chi connectivity index (χ2v) is 3.27. The van der Waals surface area contributed by atoms with Crippen molar-refractivity contribution >= 4 is 5.97 Å². The Kier molecular flexibility index (Phi) is 3.87. The second kappa shape index (κ2) is 5.16. The molecule has 0 saturated heterocycles. The van der Waals surface area contributed by atoms with Gasteiger partial charge in [0.1, 0.15) is 0 Å². The van der Waals surface area contributed by atoms with Crippen molar-refractivity contribution in [3.63, 3.8) is 0 Å². The minimum absolute atomic E-state index is 0.316. The molecule has 1 aromatic carbocycles. The number of ether oxygens (including phenoxy) is 1. The molecule has 0 N–H and O–H groups in total. The molecule has 0 aliphatic rings. The van der Waals surface area contributed by atoms with E-state index in [-0.39, 0.29) is 5.97 Å². The average Bonchev–Trinajstić information content (AvgIpc) is 2.25. The molecule has 0 aromatic heterocycles. The van der Waals surface area contributed by atoms with Crippen LogP contribution in [0.1, 0.15) is 21.5 Å². The molecule has 0 saturated carbocycles. The summed E-state index contributed by atoms with van der Waals surface area (Å²) in [6.45, 7) is 9.05. The molecule has 0 aliphatic carbocycles. The Morgan fingerprint density at radius 2 is 2.27 bits per heavy atom. The van der Waals surface area contributed by atoms with Crippen LogP contribution in [0.2, 0.25) is 0 Å². The number of nitrogens with zero attached hydrogens (tertiary/aromatic N) is 1. The average molecular weight is 203 g/mol. The minimum atomic E-state index is -0.316. The quantitative estimate of drug-likeness (QED) is 0.557. The largest absolute Gasteiger partial charge is 0.465 e. The van der Waals surface area contributed by atoms with Gasteiger partial charge in [0.15, 0.2) is 0 Å². The van der Waals surface area contributed by atoms with Crippen LogP contribution in [0.3, 0.4) is 0 Å². The molecule has 0 spiro atoms. The van der Waals surface area contributed by atoms with Crippen LogP contribution in [-0.4, -0.2) is 19.6 Å². The molecule has 0 amide bonds. The summed E-state index contributed by atoms with van der Waals surface area (Å²) in [6.07, 6.45) is 0.728. The monoisotopic (exact) mass is 203 g/mol. The zero-order chi connectivity index (χ0) is 11.3. The number of aryl methyl sites for hydroxylation is 1. The highest BCUT2D eigenvalue weighted by Crippen LogP contribution is 2.12. The number of esters is 1. The summed E-state index contributed by atoms with van der Waals surface area (Å²) >= 11 is 0. The summed E-state index contributed by atoms with van der Waals surface area (Å²) in [5.74, 6) is -0.316. The Bertz CT molecular complexity index is 405. The van der Waals surface area contributed by atoms with Gasteiger partial charge < -0.3 is 9.58 Å². The van der Waals surface area contributed by atoms with Crippen LogP contribution >= 0.6 is 0 Å². The highest BCUT2D eigenvalue weighted by atomic mass is 16.5. The van der Waals surface area contributed by atoms with E-state index in [1.54, 1.807) is 6.07 Å². The first kappa shape index (κ1) is 11.3. The van der Waals surface area contributed by atoms with Gasteiger partial charge in [-0.05, 0) is 24.1 Å². The summed E-state index contributed by atoms with van der Waals surface area (Å²) in [6, 6.07) is 5.54. The van der Waals surface area contributed by atoms with Gasteiger partial charge in [0.25, 0.3) is 0 Å². The number of hydrogen-bond donors (Lipinski definition) is 0. The molecule has 3 heteroatoms. The third kappa shape index (κ3) is 2.81. The smallest absolute Gasteiger partial charge is 0.338 e. The summed E-state index contributed by atoms with van der Waals surface area (Å²) in [7, 11) is 1.37. The number of carbonyl (C=O) groups is 1. The lowest BCUT2D eigenvalue weighted by atomic mass is 10.0. The minimum Gasteiger partial charge on any atom is -0.465 e. The van der Waals surface area contributed by atoms with Gasteiger partial charge in [-0.15, -0.1) is 0 Å². The van der Waals surface area contributed by atoms with Gasteiger partial charge in [-0.3, -0.25) is 0 Å². The van der Waals surface area contributed by atoms with E-state index in [0.29, 0.717) is 12.1 Å². The van der Waals surface area contributed by atoms with Crippen LogP contribution in [0.25, 0.3) is 4.85 Å². The molecule has 0 aliphatic heterocycles. The zero-order valence-electron chi connectivity index (χ0n) is 8.91. The molecule has 0 heterocycles. The van der Waals surface area contributed by atoms with Crippen LogP contribution < -0.4 is 0 Å². The van der Waals surface area contributed by atoms with Gasteiger partial charge >= 0.3 is 5.97 Å². The van der Waals surface area contributed by atoms with E-state index in [1.165, 1.54) is 7.11 Å². The van der Waals surface area contributed by atoms with Crippen molar-refractivity contribution in [3.05, 3.63) is 46.3 Å². The number of rotatable bonds is 3. The van der Waals surface area contributed by atoms with Gasteiger partial charge in [-0.25, -0.2) is 11.4 Å². The normalized spacial score (nSPS) is 9.40. The lowest BCUT2D eigenvalue weighted by Gasteiger charge is -2.05. The predicted octanol–water partition coefficient (Wildman–Crippen LogP) is 2.24. The lowest BCUT2D eigenvalue weighted by Crippen LogP contribution is -2.04. The SMILES string of the molecule is [C-]#[N+]CCc1ccc(C(=O)OC)c(C)c1. The Labute approximate surface area is 89.5 Å². The molecule has 1 aromatic rings. The van der Waals surface area contributed by atoms with Crippen LogP contribution in [0.4, 0.5) is 0 Å². The number of carbonyl (C=O) groups excluding carboxylic acids is 1. The van der Waals surface area contributed by atoms with Gasteiger partial charge in [0.2, 0.25) is 6.54 Å². The van der Waals surface area contributed by atoms with Crippen molar-refractivity contribution in [2.75, 3.05) is 13.7 Å². The van der Waals surface area contributed by atoms with Crippen molar-refractivity contribution in [2.45, 2.75) is 13.3 Å². The predicted molar refractivity (Wildman–Crippen MR) is 57.7 cm³/mol. The maximum absolute atomic E-state index is 11.3. The third-order valence-electron chi connectivity index (χ3n) is 2.21. The first-order chi connectivity index (χ1) is 7.19. The van der Waals surface area contributed by atoms with Crippen LogP contribution in [0.15, 0.2) is 18.2 Å². The summed E-state index contributed by atoms with van der Waals surface area (Å²) in [4.78, 5) is 14.6. The molecule has 15 heavy (non-hydrogen) atoms. The highest BCUT2D eigenvalue weighted by Gasteiger charge is 2.09. The van der Waals surface area contributed by atoms with E-state index in [4.69, 9.17) is 6.57 Å². The fourth-order valence-electron chi connectivity index (χ4n) is 1.41. The Morgan fingerprint density at radius 1 is 1.53 bits per heavy atom. The van der Waals surface area contributed by atoms with Gasteiger partial charge in [0.05, 0.1) is 12.7 Å². The maximum Gasteiger partial charge on any atom is 0.338 e. The summed E-state index contributed by atoms with van der Waals surface area (Å²) in [5, 5.41) is 0.